The second-order valence-electron chi connectivity index (χ2n) is 5.49. The third-order valence-corrected chi connectivity index (χ3v) is 4.14. The summed E-state index contributed by atoms with van der Waals surface area (Å²) in [6.45, 7) is 4.77. The Kier molecular flexibility index (Phi) is 4.76. The molecule has 0 unspecified atom stereocenters. The molecule has 0 radical (unpaired) electrons. The number of hydrogen-bond acceptors (Lipinski definition) is 4. The van der Waals surface area contributed by atoms with Crippen molar-refractivity contribution in [2.45, 2.75) is 33.1 Å². The maximum atomic E-state index is 6.15. The van der Waals surface area contributed by atoms with Crippen molar-refractivity contribution in [2.24, 2.45) is 0 Å². The number of aromatic amines is 1. The lowest BCUT2D eigenvalue weighted by molar-refractivity contribution is 0.812. The number of aryl methyl sites for hydroxylation is 2. The monoisotopic (exact) mass is 329 g/mol. The van der Waals surface area contributed by atoms with E-state index in [1.54, 1.807) is 0 Å². The molecule has 0 bridgehead atoms. The summed E-state index contributed by atoms with van der Waals surface area (Å²) in [4.78, 5) is 16.7. The highest BCUT2D eigenvalue weighted by molar-refractivity contribution is 6.30. The summed E-state index contributed by atoms with van der Waals surface area (Å²) in [7, 11) is 0. The molecule has 2 aromatic heterocycles. The molecule has 0 spiro atoms. The largest absolute Gasteiger partial charge is 0.370 e. The first kappa shape index (κ1) is 15.7. The molecule has 0 amide bonds. The highest BCUT2D eigenvalue weighted by Gasteiger charge is 2.08. The first-order valence-corrected chi connectivity index (χ1v) is 8.25. The van der Waals surface area contributed by atoms with Crippen LogP contribution in [0.4, 0.5) is 5.82 Å². The molecule has 3 aromatic rings. The van der Waals surface area contributed by atoms with Gasteiger partial charge in [0.2, 0.25) is 0 Å². The fourth-order valence-electron chi connectivity index (χ4n) is 2.45. The number of halogens is 1. The standard InChI is InChI=1S/C17H20ClN5/c1-3-14-22-16(18)11(2)17(23-14)19-10-6-9-15-20-12-7-4-5-8-13(12)21-15/h4-5,7-8H,3,6,9-10H2,1-2H3,(H,20,21)(H,19,22,23). The number of nitrogens with zero attached hydrogens (tertiary/aromatic N) is 3. The van der Waals surface area contributed by atoms with Gasteiger partial charge in [0.15, 0.2) is 0 Å². The number of hydrogen-bond donors (Lipinski definition) is 2. The zero-order valence-electron chi connectivity index (χ0n) is 13.4. The maximum Gasteiger partial charge on any atom is 0.137 e. The number of imidazole rings is 1. The Bertz CT molecular complexity index is 779. The molecule has 0 aliphatic carbocycles. The van der Waals surface area contributed by atoms with Gasteiger partial charge in [-0.05, 0) is 25.5 Å². The van der Waals surface area contributed by atoms with Crippen molar-refractivity contribution in [1.29, 1.82) is 0 Å². The van der Waals surface area contributed by atoms with Crippen LogP contribution < -0.4 is 5.32 Å². The van der Waals surface area contributed by atoms with Crippen LogP contribution in [0.2, 0.25) is 5.15 Å². The average Bonchev–Trinajstić information content (AvgIpc) is 2.97. The lowest BCUT2D eigenvalue weighted by atomic mass is 10.3. The van der Waals surface area contributed by atoms with Gasteiger partial charge in [-0.1, -0.05) is 30.7 Å². The molecule has 0 atom stereocenters. The number of fused-ring (bicyclic) bond motifs is 1. The van der Waals surface area contributed by atoms with Gasteiger partial charge in [0.05, 0.1) is 11.0 Å². The van der Waals surface area contributed by atoms with Crippen LogP contribution in [0.5, 0.6) is 0 Å². The number of rotatable bonds is 6. The van der Waals surface area contributed by atoms with E-state index in [-0.39, 0.29) is 0 Å². The second-order valence-corrected chi connectivity index (χ2v) is 5.85. The Morgan fingerprint density at radius 2 is 2.00 bits per heavy atom. The summed E-state index contributed by atoms with van der Waals surface area (Å²) >= 11 is 6.15. The average molecular weight is 330 g/mol. The predicted octanol–water partition coefficient (Wildman–Crippen LogP) is 3.92. The van der Waals surface area contributed by atoms with Crippen LogP contribution in [0.25, 0.3) is 11.0 Å². The van der Waals surface area contributed by atoms with Gasteiger partial charge in [-0.3, -0.25) is 0 Å². The molecule has 1 aromatic carbocycles. The Morgan fingerprint density at radius 3 is 2.78 bits per heavy atom. The van der Waals surface area contributed by atoms with Crippen molar-refractivity contribution in [3.8, 4) is 0 Å². The number of para-hydroxylation sites is 2. The Balaban J connectivity index is 1.58. The molecule has 5 nitrogen and oxygen atoms in total. The van der Waals surface area contributed by atoms with E-state index in [1.165, 1.54) is 0 Å². The summed E-state index contributed by atoms with van der Waals surface area (Å²) in [5, 5.41) is 3.88. The smallest absolute Gasteiger partial charge is 0.137 e. The molecule has 23 heavy (non-hydrogen) atoms. The summed E-state index contributed by atoms with van der Waals surface area (Å²) in [5.74, 6) is 2.60. The van der Waals surface area contributed by atoms with E-state index < -0.39 is 0 Å². The van der Waals surface area contributed by atoms with E-state index in [0.29, 0.717) is 5.15 Å². The molecule has 2 heterocycles. The molecule has 2 N–H and O–H groups in total. The van der Waals surface area contributed by atoms with Gasteiger partial charge in [0.25, 0.3) is 0 Å². The second kappa shape index (κ2) is 6.96. The third kappa shape index (κ3) is 3.62. The van der Waals surface area contributed by atoms with Crippen LogP contribution in [-0.2, 0) is 12.8 Å². The summed E-state index contributed by atoms with van der Waals surface area (Å²) in [6, 6.07) is 8.08. The number of H-pyrrole nitrogens is 1. The van der Waals surface area contributed by atoms with Crippen molar-refractivity contribution in [1.82, 2.24) is 19.9 Å². The summed E-state index contributed by atoms with van der Waals surface area (Å²) in [5.41, 5.74) is 3.00. The van der Waals surface area contributed by atoms with Crippen LogP contribution in [0, 0.1) is 6.92 Å². The quantitative estimate of drug-likeness (QED) is 0.531. The molecule has 3 rings (SSSR count). The van der Waals surface area contributed by atoms with Crippen molar-refractivity contribution in [3.05, 3.63) is 46.6 Å². The molecule has 6 heteroatoms. The van der Waals surface area contributed by atoms with Crippen molar-refractivity contribution >= 4 is 28.5 Å². The van der Waals surface area contributed by atoms with Crippen molar-refractivity contribution < 1.29 is 0 Å². The molecule has 120 valence electrons. The Labute approximate surface area is 140 Å². The minimum Gasteiger partial charge on any atom is -0.370 e. The van der Waals surface area contributed by atoms with E-state index >= 15 is 0 Å². The van der Waals surface area contributed by atoms with Gasteiger partial charge in [0.1, 0.15) is 22.6 Å². The normalized spacial score (nSPS) is 11.1. The molecule has 0 saturated carbocycles. The van der Waals surface area contributed by atoms with E-state index in [9.17, 15) is 0 Å². The van der Waals surface area contributed by atoms with Crippen LogP contribution >= 0.6 is 11.6 Å². The third-order valence-electron chi connectivity index (χ3n) is 3.77. The van der Waals surface area contributed by atoms with E-state index in [2.05, 4.69) is 25.3 Å². The van der Waals surface area contributed by atoms with Gasteiger partial charge in [-0.15, -0.1) is 0 Å². The topological polar surface area (TPSA) is 66.5 Å². The SMILES string of the molecule is CCc1nc(Cl)c(C)c(NCCCc2nc3ccccc3[nH]2)n1. The minimum absolute atomic E-state index is 0.525. The number of aromatic nitrogens is 4. The van der Waals surface area contributed by atoms with E-state index in [0.717, 1.165) is 59.9 Å². The zero-order chi connectivity index (χ0) is 16.2. The van der Waals surface area contributed by atoms with Gasteiger partial charge in [-0.2, -0.15) is 0 Å². The molecule has 0 aliphatic rings. The predicted molar refractivity (Wildman–Crippen MR) is 94.1 cm³/mol. The number of nitrogens with one attached hydrogen (secondary N) is 2. The molecule has 0 fully saturated rings. The van der Waals surface area contributed by atoms with Crippen LogP contribution in [0.1, 0.15) is 30.6 Å². The molecule has 0 aliphatic heterocycles. The summed E-state index contributed by atoms with van der Waals surface area (Å²) < 4.78 is 0. The number of anilines is 1. The van der Waals surface area contributed by atoms with E-state index in [4.69, 9.17) is 11.6 Å². The first-order chi connectivity index (χ1) is 11.2. The summed E-state index contributed by atoms with van der Waals surface area (Å²) in [6.07, 6.45) is 2.62. The fraction of sp³-hybridized carbons (Fsp3) is 0.353. The Hall–Kier alpha value is -2.14. The molecular formula is C17H20ClN5. The highest BCUT2D eigenvalue weighted by Crippen LogP contribution is 2.20. The van der Waals surface area contributed by atoms with Crippen LogP contribution in [0.15, 0.2) is 24.3 Å². The maximum absolute atomic E-state index is 6.15. The van der Waals surface area contributed by atoms with Gasteiger partial charge >= 0.3 is 0 Å². The van der Waals surface area contributed by atoms with Gasteiger partial charge < -0.3 is 10.3 Å². The van der Waals surface area contributed by atoms with Gasteiger partial charge in [-0.25, -0.2) is 15.0 Å². The van der Waals surface area contributed by atoms with Gasteiger partial charge in [0, 0.05) is 24.9 Å². The van der Waals surface area contributed by atoms with Crippen molar-refractivity contribution in [3.63, 3.8) is 0 Å². The minimum atomic E-state index is 0.525. The first-order valence-electron chi connectivity index (χ1n) is 7.88. The number of benzene rings is 1. The van der Waals surface area contributed by atoms with E-state index in [1.807, 2.05) is 38.1 Å². The zero-order valence-corrected chi connectivity index (χ0v) is 14.1. The van der Waals surface area contributed by atoms with Crippen LogP contribution in [0.3, 0.4) is 0 Å². The fourth-order valence-corrected chi connectivity index (χ4v) is 2.64. The van der Waals surface area contributed by atoms with Crippen LogP contribution in [-0.4, -0.2) is 26.5 Å². The lowest BCUT2D eigenvalue weighted by Gasteiger charge is -2.10. The van der Waals surface area contributed by atoms with Crippen molar-refractivity contribution in [2.75, 3.05) is 11.9 Å². The molecular weight excluding hydrogens is 310 g/mol. The highest BCUT2D eigenvalue weighted by atomic mass is 35.5. The lowest BCUT2D eigenvalue weighted by Crippen LogP contribution is -2.09. The molecule has 0 saturated heterocycles. The Morgan fingerprint density at radius 1 is 1.17 bits per heavy atom.